The van der Waals surface area contributed by atoms with Crippen LogP contribution in [0.5, 0.6) is 0 Å². The first kappa shape index (κ1) is 12.0. The van der Waals surface area contributed by atoms with Crippen molar-refractivity contribution in [1.29, 1.82) is 0 Å². The second-order valence-electron chi connectivity index (χ2n) is 3.12. The quantitative estimate of drug-likeness (QED) is 0.764. The van der Waals surface area contributed by atoms with Crippen molar-refractivity contribution in [3.05, 3.63) is 29.6 Å². The Morgan fingerprint density at radius 3 is 2.80 bits per heavy atom. The number of hydrogen-bond acceptors (Lipinski definition) is 3. The van der Waals surface area contributed by atoms with Crippen molar-refractivity contribution < 1.29 is 14.3 Å². The maximum absolute atomic E-state index is 12.9. The molecule has 0 unspecified atom stereocenters. The Morgan fingerprint density at radius 1 is 1.60 bits per heavy atom. The number of nitrogens with zero attached hydrogens (tertiary/aromatic N) is 1. The van der Waals surface area contributed by atoms with Gasteiger partial charge in [-0.3, -0.25) is 4.79 Å². The van der Waals surface area contributed by atoms with Crippen LogP contribution in [-0.2, 0) is 0 Å². The highest BCUT2D eigenvalue weighted by atomic mass is 32.1. The first-order valence-corrected chi connectivity index (χ1v) is 4.86. The van der Waals surface area contributed by atoms with E-state index in [-0.39, 0.29) is 24.0 Å². The number of carbonyl (C=O) groups is 1. The Labute approximate surface area is 92.9 Å². The normalized spacial score (nSPS) is 10.1. The van der Waals surface area contributed by atoms with Gasteiger partial charge in [-0.2, -0.15) is 0 Å². The number of likely N-dealkylation sites (N-methyl/N-ethyl adjacent to an activating group) is 1. The third kappa shape index (κ3) is 2.94. The fraction of sp³-hybridized carbons (Fsp3) is 0.300. The van der Waals surface area contributed by atoms with Crippen molar-refractivity contribution in [2.24, 2.45) is 0 Å². The van der Waals surface area contributed by atoms with E-state index in [1.54, 1.807) is 7.05 Å². The lowest BCUT2D eigenvalue weighted by Gasteiger charge is -2.15. The summed E-state index contributed by atoms with van der Waals surface area (Å²) in [6.07, 6.45) is 0. The molecule has 0 aliphatic carbocycles. The first-order valence-electron chi connectivity index (χ1n) is 4.41. The topological polar surface area (TPSA) is 40.5 Å². The van der Waals surface area contributed by atoms with Crippen molar-refractivity contribution in [3.63, 3.8) is 0 Å². The van der Waals surface area contributed by atoms with Gasteiger partial charge in [0, 0.05) is 24.1 Å². The molecule has 1 N–H and O–H groups in total. The summed E-state index contributed by atoms with van der Waals surface area (Å²) >= 11 is 3.89. The van der Waals surface area contributed by atoms with Crippen LogP contribution >= 0.6 is 12.6 Å². The standard InChI is InChI=1S/C10H12FNO2S/c1-12(4-5-13)10(14)7-2-3-8(11)9(15)6-7/h2-3,6,13,15H,4-5H2,1H3. The number of aliphatic hydroxyl groups excluding tert-OH is 1. The molecule has 0 spiro atoms. The summed E-state index contributed by atoms with van der Waals surface area (Å²) in [6.45, 7) is 0.148. The Kier molecular flexibility index (Phi) is 4.11. The monoisotopic (exact) mass is 229 g/mol. The van der Waals surface area contributed by atoms with Crippen LogP contribution in [0.4, 0.5) is 4.39 Å². The highest BCUT2D eigenvalue weighted by Crippen LogP contribution is 2.15. The van der Waals surface area contributed by atoms with Crippen LogP contribution in [0, 0.1) is 5.82 Å². The molecule has 0 fully saturated rings. The maximum Gasteiger partial charge on any atom is 0.253 e. The lowest BCUT2D eigenvalue weighted by molar-refractivity contribution is 0.0766. The van der Waals surface area contributed by atoms with E-state index >= 15 is 0 Å². The van der Waals surface area contributed by atoms with Gasteiger partial charge in [0.25, 0.3) is 5.91 Å². The first-order chi connectivity index (χ1) is 7.06. The zero-order valence-electron chi connectivity index (χ0n) is 8.27. The molecule has 0 atom stereocenters. The van der Waals surface area contributed by atoms with Gasteiger partial charge in [-0.25, -0.2) is 4.39 Å². The van der Waals surface area contributed by atoms with Gasteiger partial charge in [-0.05, 0) is 18.2 Å². The summed E-state index contributed by atoms with van der Waals surface area (Å²) in [6, 6.07) is 3.96. The van der Waals surface area contributed by atoms with Crippen molar-refractivity contribution in [2.45, 2.75) is 4.90 Å². The molecule has 0 aliphatic heterocycles. The van der Waals surface area contributed by atoms with E-state index in [1.807, 2.05) is 0 Å². The zero-order valence-corrected chi connectivity index (χ0v) is 9.17. The molecule has 1 amide bonds. The van der Waals surface area contributed by atoms with Gasteiger partial charge in [-0.1, -0.05) is 0 Å². The molecule has 0 aliphatic rings. The fourth-order valence-corrected chi connectivity index (χ4v) is 1.33. The van der Waals surface area contributed by atoms with Crippen LogP contribution in [0.25, 0.3) is 0 Å². The summed E-state index contributed by atoms with van der Waals surface area (Å²) in [5, 5.41) is 8.66. The molecular weight excluding hydrogens is 217 g/mol. The Bertz CT molecular complexity index is 370. The van der Waals surface area contributed by atoms with E-state index in [0.29, 0.717) is 5.56 Å². The predicted molar refractivity (Wildman–Crippen MR) is 57.7 cm³/mol. The number of benzene rings is 1. The molecule has 1 rings (SSSR count). The average molecular weight is 229 g/mol. The minimum Gasteiger partial charge on any atom is -0.395 e. The highest BCUT2D eigenvalue weighted by Gasteiger charge is 2.12. The summed E-state index contributed by atoms with van der Waals surface area (Å²) in [5.41, 5.74) is 0.359. The number of aliphatic hydroxyl groups is 1. The maximum atomic E-state index is 12.9. The molecule has 15 heavy (non-hydrogen) atoms. The molecule has 0 radical (unpaired) electrons. The van der Waals surface area contributed by atoms with Gasteiger partial charge in [-0.15, -0.1) is 12.6 Å². The van der Waals surface area contributed by atoms with Gasteiger partial charge >= 0.3 is 0 Å². The number of thiol groups is 1. The summed E-state index contributed by atoms with van der Waals surface area (Å²) in [7, 11) is 1.57. The number of carbonyl (C=O) groups excluding carboxylic acids is 1. The molecule has 0 saturated carbocycles. The lowest BCUT2D eigenvalue weighted by Crippen LogP contribution is -2.29. The van der Waals surface area contributed by atoms with Gasteiger partial charge in [0.1, 0.15) is 5.82 Å². The smallest absolute Gasteiger partial charge is 0.253 e. The van der Waals surface area contributed by atoms with Crippen LogP contribution < -0.4 is 0 Å². The molecule has 82 valence electrons. The summed E-state index contributed by atoms with van der Waals surface area (Å²) in [5.74, 6) is -0.723. The van der Waals surface area contributed by atoms with Crippen LogP contribution in [0.2, 0.25) is 0 Å². The SMILES string of the molecule is CN(CCO)C(=O)c1ccc(F)c(S)c1. The van der Waals surface area contributed by atoms with Crippen molar-refractivity contribution in [2.75, 3.05) is 20.2 Å². The van der Waals surface area contributed by atoms with Gasteiger partial charge < -0.3 is 10.0 Å². The third-order valence-corrected chi connectivity index (χ3v) is 2.32. The second kappa shape index (κ2) is 5.14. The predicted octanol–water partition coefficient (Wildman–Crippen LogP) is 1.18. The number of hydrogen-bond donors (Lipinski definition) is 2. The largest absolute Gasteiger partial charge is 0.395 e. The molecular formula is C10H12FNO2S. The summed E-state index contributed by atoms with van der Waals surface area (Å²) < 4.78 is 12.9. The van der Waals surface area contributed by atoms with Gasteiger partial charge in [0.2, 0.25) is 0 Å². The molecule has 0 bridgehead atoms. The van der Waals surface area contributed by atoms with Crippen LogP contribution in [0.3, 0.4) is 0 Å². The van der Waals surface area contributed by atoms with E-state index in [1.165, 1.54) is 23.1 Å². The number of rotatable bonds is 3. The van der Waals surface area contributed by atoms with Crippen LogP contribution in [-0.4, -0.2) is 36.1 Å². The Hall–Kier alpha value is -1.07. The van der Waals surface area contributed by atoms with E-state index in [2.05, 4.69) is 12.6 Å². The molecule has 3 nitrogen and oxygen atoms in total. The van der Waals surface area contributed by atoms with Crippen LogP contribution in [0.1, 0.15) is 10.4 Å². The fourth-order valence-electron chi connectivity index (χ4n) is 1.12. The minimum absolute atomic E-state index is 0.100. The highest BCUT2D eigenvalue weighted by molar-refractivity contribution is 7.80. The van der Waals surface area contributed by atoms with Gasteiger partial charge in [0.15, 0.2) is 0 Å². The van der Waals surface area contributed by atoms with E-state index in [9.17, 15) is 9.18 Å². The zero-order chi connectivity index (χ0) is 11.4. The average Bonchev–Trinajstić information content (AvgIpc) is 2.21. The molecule has 0 saturated heterocycles. The number of amides is 1. The molecule has 1 aromatic rings. The van der Waals surface area contributed by atoms with Crippen LogP contribution in [0.15, 0.2) is 23.1 Å². The molecule has 0 heterocycles. The second-order valence-corrected chi connectivity index (χ2v) is 3.60. The van der Waals surface area contributed by atoms with Crippen molar-refractivity contribution >= 4 is 18.5 Å². The molecule has 0 aromatic heterocycles. The molecule has 5 heteroatoms. The Morgan fingerprint density at radius 2 is 2.27 bits per heavy atom. The lowest BCUT2D eigenvalue weighted by atomic mass is 10.2. The van der Waals surface area contributed by atoms with E-state index < -0.39 is 5.82 Å². The summed E-state index contributed by atoms with van der Waals surface area (Å²) in [4.78, 5) is 13.2. The molecule has 1 aromatic carbocycles. The van der Waals surface area contributed by atoms with E-state index in [0.717, 1.165) is 0 Å². The Balaban J connectivity index is 2.87. The van der Waals surface area contributed by atoms with E-state index in [4.69, 9.17) is 5.11 Å². The number of halogens is 1. The van der Waals surface area contributed by atoms with Crippen molar-refractivity contribution in [3.8, 4) is 0 Å². The third-order valence-electron chi connectivity index (χ3n) is 1.98. The van der Waals surface area contributed by atoms with Crippen molar-refractivity contribution in [1.82, 2.24) is 4.90 Å². The minimum atomic E-state index is -0.459. The van der Waals surface area contributed by atoms with Gasteiger partial charge in [0.05, 0.1) is 6.61 Å².